The van der Waals surface area contributed by atoms with Gasteiger partial charge in [-0.15, -0.1) is 0 Å². The van der Waals surface area contributed by atoms with Crippen molar-refractivity contribution in [2.45, 2.75) is 32.6 Å². The molecule has 422 valence electrons. The van der Waals surface area contributed by atoms with Crippen molar-refractivity contribution >= 4 is 95.1 Å². The van der Waals surface area contributed by atoms with Gasteiger partial charge < -0.3 is 18.9 Å². The van der Waals surface area contributed by atoms with Crippen LogP contribution in [0.4, 0.5) is 28.4 Å². The molecule has 89 heavy (non-hydrogen) atoms. The van der Waals surface area contributed by atoms with Gasteiger partial charge in [-0.25, -0.2) is 0 Å². The van der Waals surface area contributed by atoms with E-state index in [9.17, 15) is 0 Å². The zero-order valence-corrected chi connectivity index (χ0v) is 50.1. The van der Waals surface area contributed by atoms with E-state index < -0.39 is 0 Å². The zero-order valence-electron chi connectivity index (χ0n) is 50.1. The molecule has 0 saturated heterocycles. The molecule has 4 heterocycles. The Morgan fingerprint density at radius 1 is 0.315 bits per heavy atom. The molecule has 0 N–H and O–H groups in total. The zero-order chi connectivity index (χ0) is 59.3. The highest BCUT2D eigenvalue weighted by Gasteiger charge is 2.44. The van der Waals surface area contributed by atoms with Gasteiger partial charge in [0.15, 0.2) is 0 Å². The van der Waals surface area contributed by atoms with E-state index in [2.05, 4.69) is 343 Å². The Kier molecular flexibility index (Phi) is 12.3. The average Bonchev–Trinajstić information content (AvgIpc) is 1.27. The third kappa shape index (κ3) is 8.67. The molecule has 4 nitrogen and oxygen atoms in total. The van der Waals surface area contributed by atoms with Crippen molar-refractivity contribution in [1.29, 1.82) is 0 Å². The van der Waals surface area contributed by atoms with Gasteiger partial charge >= 0.3 is 0 Å². The molecule has 15 aromatic rings. The largest absolute Gasteiger partial charge is 0.342 e. The van der Waals surface area contributed by atoms with Crippen LogP contribution in [-0.4, -0.2) is 22.4 Å². The predicted molar refractivity (Wildman–Crippen MR) is 378 cm³/mol. The second-order valence-electron chi connectivity index (χ2n) is 25.1. The third-order valence-corrected chi connectivity index (χ3v) is 19.0. The highest BCUT2D eigenvalue weighted by atomic mass is 15.2. The van der Waals surface area contributed by atoms with Crippen molar-refractivity contribution in [3.8, 4) is 55.9 Å². The summed E-state index contributed by atoms with van der Waals surface area (Å²) < 4.78 is 4.97. The lowest BCUT2D eigenvalue weighted by Gasteiger charge is -2.45. The Morgan fingerprint density at radius 2 is 0.742 bits per heavy atom. The van der Waals surface area contributed by atoms with E-state index in [0.717, 1.165) is 30.0 Å². The summed E-state index contributed by atoms with van der Waals surface area (Å²) in [6, 6.07) is 113. The van der Waals surface area contributed by atoms with Crippen LogP contribution in [0.3, 0.4) is 0 Å². The minimum atomic E-state index is -0.214. The van der Waals surface area contributed by atoms with Crippen LogP contribution in [0.5, 0.6) is 0 Å². The number of anilines is 5. The van der Waals surface area contributed by atoms with E-state index in [1.54, 1.807) is 0 Å². The molecule has 0 fully saturated rings. The fourth-order valence-electron chi connectivity index (χ4n) is 14.8. The number of nitrogens with zero attached hydrogens (tertiary/aromatic N) is 4. The van der Waals surface area contributed by atoms with Gasteiger partial charge in [-0.05, 0) is 157 Å². The molecule has 0 aliphatic carbocycles. The minimum Gasteiger partial charge on any atom is -0.342 e. The Balaban J connectivity index is 0.923. The molecule has 0 bridgehead atoms. The van der Waals surface area contributed by atoms with Crippen molar-refractivity contribution in [1.82, 2.24) is 9.13 Å². The second kappa shape index (κ2) is 20.9. The molecular weight excluding hydrogens is 1080 g/mol. The maximum atomic E-state index is 2.71. The van der Waals surface area contributed by atoms with Crippen molar-refractivity contribution in [3.63, 3.8) is 0 Å². The van der Waals surface area contributed by atoms with E-state index in [1.165, 1.54) is 138 Å². The number of hydrogen-bond acceptors (Lipinski definition) is 2. The SMILES string of the molecule is CC(C)(C)c1cc2c3c(c1)N(c1ccccc1-c1cccc(-c4ccccc4)c1)c1cc(-n4c5ccccc5c5ccccc54)ccc1B3c1ccc(-n3c4ccccc4c4ccccc43)cc1N2CCc1ccccc1-c1cccc(-c2ccccc2)c1. The molecule has 0 atom stereocenters. The maximum absolute atomic E-state index is 2.71. The lowest BCUT2D eigenvalue weighted by molar-refractivity contribution is 0.590. The number of aromatic nitrogens is 2. The van der Waals surface area contributed by atoms with Crippen LogP contribution >= 0.6 is 0 Å². The van der Waals surface area contributed by atoms with E-state index in [0.29, 0.717) is 0 Å². The number of para-hydroxylation sites is 5. The fraction of sp³-hybridized carbons (Fsp3) is 0.0714. The topological polar surface area (TPSA) is 16.3 Å². The molecule has 0 unspecified atom stereocenters. The van der Waals surface area contributed by atoms with Crippen molar-refractivity contribution < 1.29 is 0 Å². The molecule has 0 spiro atoms. The fourth-order valence-corrected chi connectivity index (χ4v) is 14.8. The molecule has 13 aromatic carbocycles. The Hall–Kier alpha value is -10.9. The smallest absolute Gasteiger partial charge is 0.252 e. The summed E-state index contributed by atoms with van der Waals surface area (Å²) in [5.41, 5.74) is 29.0. The van der Waals surface area contributed by atoms with E-state index in [4.69, 9.17) is 0 Å². The summed E-state index contributed by atoms with van der Waals surface area (Å²) in [7, 11) is 0. The summed E-state index contributed by atoms with van der Waals surface area (Å²) in [6.07, 6.45) is 0.813. The highest BCUT2D eigenvalue weighted by molar-refractivity contribution is 7.00. The Labute approximate surface area is 520 Å². The monoisotopic (exact) mass is 1140 g/mol. The lowest BCUT2D eigenvalue weighted by atomic mass is 9.33. The summed E-state index contributed by atoms with van der Waals surface area (Å²) >= 11 is 0. The van der Waals surface area contributed by atoms with Crippen molar-refractivity contribution in [3.05, 3.63) is 314 Å². The van der Waals surface area contributed by atoms with Crippen LogP contribution in [-0.2, 0) is 11.8 Å². The first kappa shape index (κ1) is 52.5. The van der Waals surface area contributed by atoms with Gasteiger partial charge in [0.25, 0.3) is 6.71 Å². The molecule has 0 saturated carbocycles. The molecule has 0 radical (unpaired) electrons. The highest BCUT2D eigenvalue weighted by Crippen LogP contribution is 2.49. The summed E-state index contributed by atoms with van der Waals surface area (Å²) in [4.78, 5) is 5.35. The Morgan fingerprint density at radius 3 is 1.29 bits per heavy atom. The second-order valence-corrected chi connectivity index (χ2v) is 25.1. The van der Waals surface area contributed by atoms with Crippen LogP contribution in [0.2, 0.25) is 0 Å². The molecule has 2 aromatic heterocycles. The van der Waals surface area contributed by atoms with E-state index >= 15 is 0 Å². The summed E-state index contributed by atoms with van der Waals surface area (Å²) in [6.45, 7) is 7.78. The molecular formula is C84H63BN4. The number of benzene rings is 13. The first-order chi connectivity index (χ1) is 43.8. The molecule has 2 aliphatic heterocycles. The van der Waals surface area contributed by atoms with E-state index in [1.807, 2.05) is 0 Å². The average molecular weight is 1140 g/mol. The van der Waals surface area contributed by atoms with Crippen molar-refractivity contribution in [2.24, 2.45) is 0 Å². The van der Waals surface area contributed by atoms with Crippen LogP contribution in [0, 0.1) is 0 Å². The Bertz CT molecular complexity index is 5170. The molecule has 17 rings (SSSR count). The normalized spacial score (nSPS) is 12.7. The lowest BCUT2D eigenvalue weighted by Crippen LogP contribution is -2.62. The van der Waals surface area contributed by atoms with Crippen LogP contribution in [0.15, 0.2) is 303 Å². The van der Waals surface area contributed by atoms with Gasteiger partial charge in [-0.2, -0.15) is 0 Å². The minimum absolute atomic E-state index is 0.104. The number of rotatable bonds is 10. The third-order valence-electron chi connectivity index (χ3n) is 19.0. The first-order valence-electron chi connectivity index (χ1n) is 31.3. The van der Waals surface area contributed by atoms with Gasteiger partial charge in [0.05, 0.1) is 27.8 Å². The van der Waals surface area contributed by atoms with E-state index in [-0.39, 0.29) is 12.1 Å². The van der Waals surface area contributed by atoms with Crippen molar-refractivity contribution in [2.75, 3.05) is 16.3 Å². The van der Waals surface area contributed by atoms with Crippen LogP contribution < -0.4 is 26.2 Å². The summed E-state index contributed by atoms with van der Waals surface area (Å²) in [5.74, 6) is 0. The van der Waals surface area contributed by atoms with Crippen LogP contribution in [0.1, 0.15) is 31.9 Å². The van der Waals surface area contributed by atoms with Gasteiger partial charge in [0, 0.05) is 67.8 Å². The predicted octanol–water partition coefficient (Wildman–Crippen LogP) is 19.8. The first-order valence-corrected chi connectivity index (χ1v) is 31.3. The summed E-state index contributed by atoms with van der Waals surface area (Å²) in [5, 5.41) is 5.00. The standard InChI is InChI=1S/C84H63BN4/c1-84(2,3)63-52-81-83-82(53-63)89(74-39-17-12-34-67(74)62-32-23-30-60(51-62)57-26-8-5-9-27-57)80-55-65(88-77-42-20-15-37-70(77)71-38-16-21-43-78(71)88)45-47-73(80)85(83)72-46-44-64(87-75-40-18-13-35-68(75)69-36-14-19-41-76(69)87)54-79(72)86(81)49-48-58-28-10-11-33-66(58)61-31-22-29-59(50-61)56-24-6-4-7-25-56/h4-47,50-55H,48-49H2,1-3H3. The number of hydrogen-bond donors (Lipinski definition) is 0. The maximum Gasteiger partial charge on any atom is 0.252 e. The molecule has 2 aliphatic rings. The number of fused-ring (bicyclic) bond motifs is 10. The van der Waals surface area contributed by atoms with Gasteiger partial charge in [0.2, 0.25) is 0 Å². The van der Waals surface area contributed by atoms with Gasteiger partial charge in [-0.1, -0.05) is 245 Å². The van der Waals surface area contributed by atoms with Gasteiger partial charge in [0.1, 0.15) is 0 Å². The quantitative estimate of drug-likeness (QED) is 0.127. The van der Waals surface area contributed by atoms with Crippen LogP contribution in [0.25, 0.3) is 99.5 Å². The molecule has 0 amide bonds. The molecule has 5 heteroatoms. The van der Waals surface area contributed by atoms with Gasteiger partial charge in [-0.3, -0.25) is 0 Å².